The van der Waals surface area contributed by atoms with Crippen LogP contribution in [0, 0.1) is 0 Å². The van der Waals surface area contributed by atoms with Gasteiger partial charge in [0.1, 0.15) is 6.10 Å². The van der Waals surface area contributed by atoms with E-state index in [0.29, 0.717) is 12.8 Å². The van der Waals surface area contributed by atoms with E-state index in [1.165, 1.54) is 128 Å². The summed E-state index contributed by atoms with van der Waals surface area (Å²) in [5.74, 6) is -2.16. The zero-order valence-electron chi connectivity index (χ0n) is 32.5. The van der Waals surface area contributed by atoms with Crippen LogP contribution in [-0.2, 0) is 14.4 Å². The fourth-order valence-corrected chi connectivity index (χ4v) is 4.79. The lowest BCUT2D eigenvalue weighted by Crippen LogP contribution is -2.15. The Labute approximate surface area is 306 Å². The summed E-state index contributed by atoms with van der Waals surface area (Å²) in [4.78, 5) is 29.7. The molecule has 0 saturated carbocycles. The number of aliphatic hydroxyl groups excluding tert-OH is 3. The first-order valence-corrected chi connectivity index (χ1v) is 19.9. The molecule has 0 aromatic carbocycles. The van der Waals surface area contributed by atoms with Gasteiger partial charge in [-0.05, 0) is 44.9 Å². The van der Waals surface area contributed by atoms with Gasteiger partial charge in [-0.25, -0.2) is 0 Å². The van der Waals surface area contributed by atoms with Crippen molar-refractivity contribution in [1.29, 1.82) is 0 Å². The zero-order valence-corrected chi connectivity index (χ0v) is 32.5. The van der Waals surface area contributed by atoms with Gasteiger partial charge in [0.2, 0.25) is 0 Å². The molecule has 9 nitrogen and oxygen atoms in total. The number of hydrogen-bond donors (Lipinski definition) is 6. The van der Waals surface area contributed by atoms with E-state index in [0.717, 1.165) is 45.4 Å². The lowest BCUT2D eigenvalue weighted by atomic mass is 10.0. The van der Waals surface area contributed by atoms with Crippen molar-refractivity contribution in [2.24, 2.45) is 0 Å². The average Bonchev–Trinajstić information content (AvgIpc) is 3.08. The van der Waals surface area contributed by atoms with Crippen molar-refractivity contribution in [3.63, 3.8) is 0 Å². The van der Waals surface area contributed by atoms with Gasteiger partial charge in [-0.1, -0.05) is 160 Å². The second kappa shape index (κ2) is 51.1. The van der Waals surface area contributed by atoms with Gasteiger partial charge in [0.15, 0.2) is 0 Å². The van der Waals surface area contributed by atoms with E-state index in [-0.39, 0.29) is 13.2 Å². The van der Waals surface area contributed by atoms with Gasteiger partial charge in [-0.15, -0.1) is 0 Å². The van der Waals surface area contributed by atoms with E-state index in [1.807, 2.05) is 0 Å². The van der Waals surface area contributed by atoms with Crippen LogP contribution < -0.4 is 0 Å². The van der Waals surface area contributed by atoms with Crippen LogP contribution in [0.1, 0.15) is 201 Å². The summed E-state index contributed by atoms with van der Waals surface area (Å²) >= 11 is 0. The molecular weight excluding hydrogens is 636 g/mol. The Morgan fingerprint density at radius 3 is 1.00 bits per heavy atom. The molecule has 0 heterocycles. The van der Waals surface area contributed by atoms with Crippen LogP contribution in [-0.4, -0.2) is 67.9 Å². The third-order valence-electron chi connectivity index (χ3n) is 7.76. The van der Waals surface area contributed by atoms with Gasteiger partial charge in [0.25, 0.3) is 5.97 Å². The number of aliphatic hydroxyl groups is 3. The van der Waals surface area contributed by atoms with Crippen molar-refractivity contribution < 1.29 is 45.0 Å². The highest BCUT2D eigenvalue weighted by Crippen LogP contribution is 2.14. The summed E-state index contributed by atoms with van der Waals surface area (Å²) in [6, 6.07) is 0. The summed E-state index contributed by atoms with van der Waals surface area (Å²) in [6.45, 7) is 4.86. The molecule has 0 aliphatic carbocycles. The second-order valence-electron chi connectivity index (χ2n) is 13.0. The Hall–Kier alpha value is -2.23. The summed E-state index contributed by atoms with van der Waals surface area (Å²) in [7, 11) is 0. The largest absolute Gasteiger partial charge is 0.481 e. The molecule has 298 valence electrons. The van der Waals surface area contributed by atoms with E-state index < -0.39 is 24.0 Å². The zero-order chi connectivity index (χ0) is 38.4. The number of carboxylic acid groups (broad SMARTS) is 3. The lowest BCUT2D eigenvalue weighted by Gasteiger charge is -2.03. The molecule has 0 aromatic heterocycles. The van der Waals surface area contributed by atoms with Crippen LogP contribution in [0.25, 0.3) is 0 Å². The minimum atomic E-state index is -0.954. The molecule has 0 bridgehead atoms. The molecule has 9 heteroatoms. The molecular formula is C41H80O9. The monoisotopic (exact) mass is 717 g/mol. The van der Waals surface area contributed by atoms with Crippen LogP contribution in [0.3, 0.4) is 0 Å². The molecule has 0 amide bonds. The maximum absolute atomic E-state index is 10.3. The fourth-order valence-electron chi connectivity index (χ4n) is 4.79. The molecule has 0 aliphatic rings. The van der Waals surface area contributed by atoms with Crippen molar-refractivity contribution >= 4 is 17.9 Å². The number of aliphatic carboxylic acids is 3. The molecule has 0 aromatic rings. The highest BCUT2D eigenvalue weighted by molar-refractivity contribution is 5.66. The van der Waals surface area contributed by atoms with Crippen LogP contribution in [0.5, 0.6) is 0 Å². The normalized spacial score (nSPS) is 10.7. The van der Waals surface area contributed by atoms with Crippen molar-refractivity contribution in [1.82, 2.24) is 0 Å². The average molecular weight is 717 g/mol. The van der Waals surface area contributed by atoms with Gasteiger partial charge in [0, 0.05) is 19.8 Å². The molecule has 0 aliphatic heterocycles. The lowest BCUT2D eigenvalue weighted by molar-refractivity contribution is -0.138. The van der Waals surface area contributed by atoms with E-state index >= 15 is 0 Å². The smallest absolute Gasteiger partial charge is 0.303 e. The Bertz CT molecular complexity index is 730. The third kappa shape index (κ3) is 71.7. The summed E-state index contributed by atoms with van der Waals surface area (Å²) in [6.07, 6.45) is 41.5. The van der Waals surface area contributed by atoms with Gasteiger partial charge in [-0.2, -0.15) is 0 Å². The minimum Gasteiger partial charge on any atom is -0.481 e. The standard InChI is InChI=1S/C18H36O2.C18H32O2.C3H8O3.C2H4O2/c2*1-2-3-4-5-6-7-8-9-10-11-12-13-14-15-16-17-18(19)20;4-1-3(6)2-5;1-2(3)4/h2-17H2,1H3,(H,19,20);6-7,9-10H,2-5,8,11-17H2,1H3,(H,19,20);3-6H,1-2H2;1H3,(H,3,4). The molecule has 0 fully saturated rings. The molecule has 50 heavy (non-hydrogen) atoms. The fraction of sp³-hybridized carbons (Fsp3) is 0.829. The highest BCUT2D eigenvalue weighted by atomic mass is 16.4. The Kier molecular flexibility index (Phi) is 55.8. The van der Waals surface area contributed by atoms with Crippen LogP contribution in [0.15, 0.2) is 24.3 Å². The van der Waals surface area contributed by atoms with E-state index in [9.17, 15) is 9.59 Å². The first-order valence-electron chi connectivity index (χ1n) is 19.9. The van der Waals surface area contributed by atoms with Crippen LogP contribution in [0.4, 0.5) is 0 Å². The maximum atomic E-state index is 10.3. The number of allylic oxidation sites excluding steroid dienone is 4. The molecule has 0 saturated heterocycles. The molecule has 0 rings (SSSR count). The van der Waals surface area contributed by atoms with E-state index in [1.54, 1.807) is 0 Å². The van der Waals surface area contributed by atoms with Gasteiger partial charge >= 0.3 is 11.9 Å². The quantitative estimate of drug-likeness (QED) is 0.0292. The topological polar surface area (TPSA) is 173 Å². The predicted molar refractivity (Wildman–Crippen MR) is 208 cm³/mol. The number of carboxylic acids is 3. The molecule has 6 N–H and O–H groups in total. The molecule has 0 radical (unpaired) electrons. The first kappa shape index (κ1) is 54.5. The van der Waals surface area contributed by atoms with Crippen molar-refractivity contribution in [2.45, 2.75) is 207 Å². The van der Waals surface area contributed by atoms with Crippen molar-refractivity contribution in [3.8, 4) is 0 Å². The van der Waals surface area contributed by atoms with Crippen LogP contribution >= 0.6 is 0 Å². The van der Waals surface area contributed by atoms with Crippen molar-refractivity contribution in [3.05, 3.63) is 24.3 Å². The highest BCUT2D eigenvalue weighted by Gasteiger charge is 1.98. The number of carbonyl (C=O) groups is 3. The van der Waals surface area contributed by atoms with E-state index in [2.05, 4.69) is 38.2 Å². The SMILES string of the molecule is CC(=O)O.CCCCCC=CCC=CCCCCCCCC(=O)O.CCCCCCCCCCCCCCCCCC(=O)O.OCC(O)CO. The number of unbranched alkanes of at least 4 members (excludes halogenated alkanes) is 22. The maximum Gasteiger partial charge on any atom is 0.303 e. The summed E-state index contributed by atoms with van der Waals surface area (Å²) in [5, 5.41) is 48.5. The van der Waals surface area contributed by atoms with E-state index in [4.69, 9.17) is 35.4 Å². The third-order valence-corrected chi connectivity index (χ3v) is 7.76. The molecule has 0 atom stereocenters. The predicted octanol–water partition coefficient (Wildman–Crippen LogP) is 10.6. The summed E-state index contributed by atoms with van der Waals surface area (Å²) < 4.78 is 0. The Morgan fingerprint density at radius 2 is 0.720 bits per heavy atom. The molecule has 0 unspecified atom stereocenters. The Balaban J connectivity index is -0.000000332. The molecule has 0 spiro atoms. The summed E-state index contributed by atoms with van der Waals surface area (Å²) in [5.41, 5.74) is 0. The van der Waals surface area contributed by atoms with Gasteiger partial charge < -0.3 is 30.6 Å². The van der Waals surface area contributed by atoms with Crippen LogP contribution in [0.2, 0.25) is 0 Å². The minimum absolute atomic E-state index is 0.324. The number of rotatable bonds is 32. The second-order valence-corrected chi connectivity index (χ2v) is 13.0. The van der Waals surface area contributed by atoms with Gasteiger partial charge in [-0.3, -0.25) is 14.4 Å². The Morgan fingerprint density at radius 1 is 0.460 bits per heavy atom. The van der Waals surface area contributed by atoms with Crippen molar-refractivity contribution in [2.75, 3.05) is 13.2 Å². The first-order chi connectivity index (χ1) is 24.1. The number of hydrogen-bond acceptors (Lipinski definition) is 6. The van der Waals surface area contributed by atoms with Gasteiger partial charge in [0.05, 0.1) is 13.2 Å².